The Balaban J connectivity index is 2.00. The van der Waals surface area contributed by atoms with Crippen LogP contribution in [0.4, 0.5) is 5.13 Å². The number of anilines is 1. The van der Waals surface area contributed by atoms with Crippen LogP contribution in [0.15, 0.2) is 28.6 Å². The van der Waals surface area contributed by atoms with E-state index in [0.717, 1.165) is 28.0 Å². The summed E-state index contributed by atoms with van der Waals surface area (Å²) in [4.78, 5) is 12.4. The van der Waals surface area contributed by atoms with Gasteiger partial charge < -0.3 is 5.32 Å². The van der Waals surface area contributed by atoms with Crippen molar-refractivity contribution in [1.82, 2.24) is 10.2 Å². The fraction of sp³-hybridized carbons (Fsp3) is 0.400. The summed E-state index contributed by atoms with van der Waals surface area (Å²) in [7, 11) is 0. The van der Waals surface area contributed by atoms with Crippen molar-refractivity contribution in [2.24, 2.45) is 0 Å². The SMILES string of the molecule is CCNc1nnc(S[C@H](C)C(=O)c2ccc(CC)cc2)s1. The third-order valence-electron chi connectivity index (χ3n) is 3.03. The van der Waals surface area contributed by atoms with E-state index in [1.807, 2.05) is 38.1 Å². The van der Waals surface area contributed by atoms with Crippen molar-refractivity contribution in [3.63, 3.8) is 0 Å². The highest BCUT2D eigenvalue weighted by molar-refractivity contribution is 8.02. The van der Waals surface area contributed by atoms with Gasteiger partial charge in [0.25, 0.3) is 0 Å². The van der Waals surface area contributed by atoms with Crippen molar-refractivity contribution in [2.75, 3.05) is 11.9 Å². The summed E-state index contributed by atoms with van der Waals surface area (Å²) in [6.07, 6.45) is 0.983. The first-order valence-corrected chi connectivity index (χ1v) is 8.70. The molecule has 0 aliphatic carbocycles. The number of hydrogen-bond acceptors (Lipinski definition) is 6. The molecule has 0 aliphatic rings. The molecule has 1 aromatic heterocycles. The Morgan fingerprint density at radius 1 is 1.29 bits per heavy atom. The Morgan fingerprint density at radius 3 is 2.62 bits per heavy atom. The van der Waals surface area contributed by atoms with Gasteiger partial charge >= 0.3 is 0 Å². The zero-order chi connectivity index (χ0) is 15.2. The van der Waals surface area contributed by atoms with Crippen LogP contribution in [0.2, 0.25) is 0 Å². The highest BCUT2D eigenvalue weighted by Crippen LogP contribution is 2.30. The minimum Gasteiger partial charge on any atom is -0.360 e. The van der Waals surface area contributed by atoms with Gasteiger partial charge in [-0.15, -0.1) is 10.2 Å². The Labute approximate surface area is 133 Å². The molecule has 0 spiro atoms. The Morgan fingerprint density at radius 2 is 2.00 bits per heavy atom. The molecule has 0 aliphatic heterocycles. The summed E-state index contributed by atoms with van der Waals surface area (Å²) in [6.45, 7) is 6.85. The lowest BCUT2D eigenvalue weighted by molar-refractivity contribution is 0.0994. The van der Waals surface area contributed by atoms with Crippen LogP contribution < -0.4 is 5.32 Å². The molecule has 2 rings (SSSR count). The molecule has 21 heavy (non-hydrogen) atoms. The molecule has 1 atom stereocenters. The van der Waals surface area contributed by atoms with E-state index in [9.17, 15) is 4.79 Å². The summed E-state index contributed by atoms with van der Waals surface area (Å²) in [6, 6.07) is 7.84. The fourth-order valence-electron chi connectivity index (χ4n) is 1.82. The molecule has 1 aromatic carbocycles. The van der Waals surface area contributed by atoms with Crippen molar-refractivity contribution >= 4 is 34.0 Å². The number of ketones is 1. The quantitative estimate of drug-likeness (QED) is 0.619. The second kappa shape index (κ2) is 7.56. The Hall–Kier alpha value is -1.40. The van der Waals surface area contributed by atoms with E-state index in [-0.39, 0.29) is 11.0 Å². The first kappa shape index (κ1) is 16.0. The largest absolute Gasteiger partial charge is 0.360 e. The van der Waals surface area contributed by atoms with E-state index in [2.05, 4.69) is 22.4 Å². The van der Waals surface area contributed by atoms with Crippen LogP contribution in [0.5, 0.6) is 0 Å². The van der Waals surface area contributed by atoms with Gasteiger partial charge in [0.1, 0.15) is 0 Å². The smallest absolute Gasteiger partial charge is 0.206 e. The van der Waals surface area contributed by atoms with Gasteiger partial charge in [0.2, 0.25) is 5.13 Å². The van der Waals surface area contributed by atoms with Crippen molar-refractivity contribution in [1.29, 1.82) is 0 Å². The second-order valence-electron chi connectivity index (χ2n) is 4.58. The molecule has 0 saturated heterocycles. The van der Waals surface area contributed by atoms with Crippen LogP contribution in [-0.2, 0) is 6.42 Å². The molecule has 0 amide bonds. The zero-order valence-corrected chi connectivity index (χ0v) is 14.1. The number of carbonyl (C=O) groups is 1. The molecule has 0 saturated carbocycles. The Bertz CT molecular complexity index is 595. The summed E-state index contributed by atoms with van der Waals surface area (Å²) in [5.74, 6) is 0.128. The van der Waals surface area contributed by atoms with E-state index in [1.165, 1.54) is 28.7 Å². The number of nitrogens with zero attached hydrogens (tertiary/aromatic N) is 2. The van der Waals surface area contributed by atoms with Crippen LogP contribution in [-0.4, -0.2) is 27.8 Å². The lowest BCUT2D eigenvalue weighted by Gasteiger charge is -2.08. The van der Waals surface area contributed by atoms with Crippen LogP contribution in [0.3, 0.4) is 0 Å². The molecule has 4 nitrogen and oxygen atoms in total. The van der Waals surface area contributed by atoms with Crippen molar-refractivity contribution < 1.29 is 4.79 Å². The monoisotopic (exact) mass is 321 g/mol. The van der Waals surface area contributed by atoms with Gasteiger partial charge in [-0.1, -0.05) is 54.3 Å². The number of aryl methyl sites for hydroxylation is 1. The van der Waals surface area contributed by atoms with E-state index < -0.39 is 0 Å². The van der Waals surface area contributed by atoms with E-state index in [1.54, 1.807) is 0 Å². The molecule has 0 unspecified atom stereocenters. The maximum absolute atomic E-state index is 12.4. The zero-order valence-electron chi connectivity index (χ0n) is 12.4. The third-order valence-corrected chi connectivity index (χ3v) is 5.09. The van der Waals surface area contributed by atoms with Gasteiger partial charge in [-0.3, -0.25) is 4.79 Å². The van der Waals surface area contributed by atoms with Gasteiger partial charge in [0.15, 0.2) is 10.1 Å². The fourth-order valence-corrected chi connectivity index (χ4v) is 3.87. The minimum atomic E-state index is -0.167. The molecule has 112 valence electrons. The molecule has 0 bridgehead atoms. The summed E-state index contributed by atoms with van der Waals surface area (Å²) in [5, 5.41) is 11.9. The van der Waals surface area contributed by atoms with E-state index >= 15 is 0 Å². The third kappa shape index (κ3) is 4.28. The van der Waals surface area contributed by atoms with Gasteiger partial charge in [0.05, 0.1) is 5.25 Å². The predicted molar refractivity (Wildman–Crippen MR) is 89.5 cm³/mol. The van der Waals surface area contributed by atoms with Crippen LogP contribution in [0.1, 0.15) is 36.7 Å². The number of rotatable bonds is 7. The molecule has 2 aromatic rings. The number of hydrogen-bond donors (Lipinski definition) is 1. The summed E-state index contributed by atoms with van der Waals surface area (Å²) >= 11 is 2.94. The Kier molecular flexibility index (Phi) is 5.76. The number of thioether (sulfide) groups is 1. The van der Waals surface area contributed by atoms with Crippen LogP contribution in [0.25, 0.3) is 0 Å². The maximum Gasteiger partial charge on any atom is 0.206 e. The molecule has 6 heteroatoms. The van der Waals surface area contributed by atoms with Crippen LogP contribution in [0, 0.1) is 0 Å². The maximum atomic E-state index is 12.4. The normalized spacial score (nSPS) is 12.1. The molecule has 0 radical (unpaired) electrons. The number of Topliss-reactive ketones (excluding diaryl/α,β-unsaturated/α-hetero) is 1. The predicted octanol–water partition coefficient (Wildman–Crippen LogP) is 3.90. The van der Waals surface area contributed by atoms with E-state index in [4.69, 9.17) is 0 Å². The van der Waals surface area contributed by atoms with Gasteiger partial charge in [0, 0.05) is 12.1 Å². The minimum absolute atomic E-state index is 0.128. The topological polar surface area (TPSA) is 54.9 Å². The molecular weight excluding hydrogens is 302 g/mol. The highest BCUT2D eigenvalue weighted by Gasteiger charge is 2.18. The highest BCUT2D eigenvalue weighted by atomic mass is 32.2. The lowest BCUT2D eigenvalue weighted by Crippen LogP contribution is -2.13. The van der Waals surface area contributed by atoms with Crippen molar-refractivity contribution in [3.05, 3.63) is 35.4 Å². The van der Waals surface area contributed by atoms with E-state index in [0.29, 0.717) is 0 Å². The number of aromatic nitrogens is 2. The average Bonchev–Trinajstić information content (AvgIpc) is 2.94. The standard InChI is InChI=1S/C15H19N3OS2/c1-4-11-6-8-12(9-7-11)13(19)10(3)20-15-18-17-14(21-15)16-5-2/h6-10H,4-5H2,1-3H3,(H,16,17)/t10-/m1/s1. The summed E-state index contributed by atoms with van der Waals surface area (Å²) < 4.78 is 0.817. The number of benzene rings is 1. The van der Waals surface area contributed by atoms with Crippen LogP contribution >= 0.6 is 23.1 Å². The van der Waals surface area contributed by atoms with Gasteiger partial charge in [-0.2, -0.15) is 0 Å². The molecule has 1 heterocycles. The first-order valence-electron chi connectivity index (χ1n) is 7.01. The summed E-state index contributed by atoms with van der Waals surface area (Å²) in [5.41, 5.74) is 2.00. The number of carbonyl (C=O) groups excluding carboxylic acids is 1. The lowest BCUT2D eigenvalue weighted by atomic mass is 10.1. The molecule has 0 fully saturated rings. The van der Waals surface area contributed by atoms with Gasteiger partial charge in [-0.05, 0) is 25.8 Å². The van der Waals surface area contributed by atoms with Gasteiger partial charge in [-0.25, -0.2) is 0 Å². The van der Waals surface area contributed by atoms with Crippen molar-refractivity contribution in [2.45, 2.75) is 36.8 Å². The first-order chi connectivity index (χ1) is 10.1. The average molecular weight is 321 g/mol. The molecule has 1 N–H and O–H groups in total. The molecular formula is C15H19N3OS2. The second-order valence-corrected chi connectivity index (χ2v) is 7.14. The van der Waals surface area contributed by atoms with Crippen molar-refractivity contribution in [3.8, 4) is 0 Å². The number of nitrogens with one attached hydrogen (secondary N) is 1.